The van der Waals surface area contributed by atoms with Crippen LogP contribution in [0.4, 0.5) is 5.69 Å². The zero-order valence-electron chi connectivity index (χ0n) is 9.72. The lowest BCUT2D eigenvalue weighted by atomic mass is 10.2. The molecule has 0 aromatic carbocycles. The van der Waals surface area contributed by atoms with Crippen molar-refractivity contribution in [2.24, 2.45) is 0 Å². The van der Waals surface area contributed by atoms with Crippen molar-refractivity contribution in [2.75, 3.05) is 11.6 Å². The van der Waals surface area contributed by atoms with Crippen molar-refractivity contribution in [1.82, 2.24) is 4.98 Å². The molecule has 2 atom stereocenters. The van der Waals surface area contributed by atoms with Crippen molar-refractivity contribution in [3.63, 3.8) is 0 Å². The Balaban J connectivity index is 2.06. The summed E-state index contributed by atoms with van der Waals surface area (Å²) in [5, 5.41) is 13.1. The zero-order chi connectivity index (χ0) is 12.3. The van der Waals surface area contributed by atoms with Crippen LogP contribution in [0, 0.1) is 0 Å². The lowest BCUT2D eigenvalue weighted by molar-refractivity contribution is 0.0698. The molecule has 2 unspecified atom stereocenters. The molecule has 1 saturated carbocycles. The van der Waals surface area contributed by atoms with Gasteiger partial charge in [-0.25, -0.2) is 4.79 Å². The standard InChI is InChI=1S/C12H16N2O2S/c1-17-9-3-2-8(6-9)14-11-7-13-5-4-10(11)12(15)16/h4-5,7-9,14H,2-3,6H2,1H3,(H,15,16). The summed E-state index contributed by atoms with van der Waals surface area (Å²) in [5.41, 5.74) is 0.930. The molecule has 17 heavy (non-hydrogen) atoms. The van der Waals surface area contributed by atoms with E-state index in [1.54, 1.807) is 6.20 Å². The van der Waals surface area contributed by atoms with E-state index < -0.39 is 5.97 Å². The predicted octanol–water partition coefficient (Wildman–Crippen LogP) is 2.48. The third-order valence-corrected chi connectivity index (χ3v) is 4.22. The summed E-state index contributed by atoms with van der Waals surface area (Å²) in [7, 11) is 0. The Morgan fingerprint density at radius 2 is 2.41 bits per heavy atom. The van der Waals surface area contributed by atoms with Crippen molar-refractivity contribution < 1.29 is 9.90 Å². The first-order valence-corrected chi connectivity index (χ1v) is 6.96. The van der Waals surface area contributed by atoms with E-state index >= 15 is 0 Å². The maximum absolute atomic E-state index is 11.0. The van der Waals surface area contributed by atoms with Gasteiger partial charge in [0.1, 0.15) is 0 Å². The van der Waals surface area contributed by atoms with Crippen molar-refractivity contribution in [2.45, 2.75) is 30.6 Å². The lowest BCUT2D eigenvalue weighted by Crippen LogP contribution is -2.18. The van der Waals surface area contributed by atoms with Gasteiger partial charge in [0, 0.05) is 17.5 Å². The molecule has 1 aliphatic carbocycles. The Morgan fingerprint density at radius 1 is 1.59 bits per heavy atom. The second-order valence-electron chi connectivity index (χ2n) is 4.24. The van der Waals surface area contributed by atoms with Crippen LogP contribution in [0.5, 0.6) is 0 Å². The summed E-state index contributed by atoms with van der Waals surface area (Å²) in [6.45, 7) is 0. The highest BCUT2D eigenvalue weighted by atomic mass is 32.2. The number of rotatable bonds is 4. The number of carbonyl (C=O) groups is 1. The Labute approximate surface area is 105 Å². The number of hydrogen-bond donors (Lipinski definition) is 2. The minimum Gasteiger partial charge on any atom is -0.478 e. The maximum atomic E-state index is 11.0. The second kappa shape index (κ2) is 5.40. The summed E-state index contributed by atoms with van der Waals surface area (Å²) in [4.78, 5) is 15.0. The number of nitrogens with one attached hydrogen (secondary N) is 1. The molecule has 1 aromatic rings. The quantitative estimate of drug-likeness (QED) is 0.862. The molecule has 1 aliphatic rings. The number of aromatic carboxylic acids is 1. The summed E-state index contributed by atoms with van der Waals surface area (Å²) < 4.78 is 0. The van der Waals surface area contributed by atoms with E-state index in [2.05, 4.69) is 16.6 Å². The third kappa shape index (κ3) is 2.91. The molecule has 2 rings (SSSR count). The fourth-order valence-corrected chi connectivity index (χ4v) is 3.00. The highest BCUT2D eigenvalue weighted by Crippen LogP contribution is 2.30. The van der Waals surface area contributed by atoms with Gasteiger partial charge in [-0.2, -0.15) is 11.8 Å². The number of carboxylic acids is 1. The van der Waals surface area contributed by atoms with Gasteiger partial charge >= 0.3 is 5.97 Å². The number of nitrogens with zero attached hydrogens (tertiary/aromatic N) is 1. The summed E-state index contributed by atoms with van der Waals surface area (Å²) >= 11 is 1.89. The molecule has 1 aromatic heterocycles. The van der Waals surface area contributed by atoms with Crippen LogP contribution in [-0.4, -0.2) is 33.6 Å². The van der Waals surface area contributed by atoms with Gasteiger partial charge in [0.2, 0.25) is 0 Å². The first kappa shape index (κ1) is 12.2. The average molecular weight is 252 g/mol. The molecule has 0 bridgehead atoms. The highest BCUT2D eigenvalue weighted by Gasteiger charge is 2.24. The molecule has 5 heteroatoms. The minimum atomic E-state index is -0.908. The van der Waals surface area contributed by atoms with Gasteiger partial charge in [0.15, 0.2) is 0 Å². The molecule has 1 fully saturated rings. The van der Waals surface area contributed by atoms with Crippen molar-refractivity contribution in [3.05, 3.63) is 24.0 Å². The van der Waals surface area contributed by atoms with Crippen LogP contribution < -0.4 is 5.32 Å². The van der Waals surface area contributed by atoms with Crippen molar-refractivity contribution >= 4 is 23.4 Å². The van der Waals surface area contributed by atoms with Crippen LogP contribution in [0.1, 0.15) is 29.6 Å². The van der Waals surface area contributed by atoms with E-state index in [9.17, 15) is 4.79 Å². The van der Waals surface area contributed by atoms with Crippen LogP contribution in [0.25, 0.3) is 0 Å². The van der Waals surface area contributed by atoms with Crippen LogP contribution >= 0.6 is 11.8 Å². The maximum Gasteiger partial charge on any atom is 0.337 e. The van der Waals surface area contributed by atoms with E-state index in [-0.39, 0.29) is 0 Å². The highest BCUT2D eigenvalue weighted by molar-refractivity contribution is 7.99. The van der Waals surface area contributed by atoms with Crippen LogP contribution in [0.2, 0.25) is 0 Å². The number of thioether (sulfide) groups is 1. The normalized spacial score (nSPS) is 23.6. The largest absolute Gasteiger partial charge is 0.478 e. The number of anilines is 1. The van der Waals surface area contributed by atoms with Gasteiger partial charge in [0.25, 0.3) is 0 Å². The molecule has 92 valence electrons. The Kier molecular flexibility index (Phi) is 3.89. The van der Waals surface area contributed by atoms with Gasteiger partial charge in [-0.1, -0.05) is 0 Å². The second-order valence-corrected chi connectivity index (χ2v) is 5.38. The minimum absolute atomic E-state index is 0.299. The topological polar surface area (TPSA) is 62.2 Å². The fourth-order valence-electron chi connectivity index (χ4n) is 2.20. The number of pyridine rings is 1. The molecule has 2 N–H and O–H groups in total. The van der Waals surface area contributed by atoms with E-state index in [1.807, 2.05) is 11.8 Å². The SMILES string of the molecule is CSC1CCC(Nc2cnccc2C(=O)O)C1. The Hall–Kier alpha value is -1.23. The average Bonchev–Trinajstić information content (AvgIpc) is 2.77. The monoisotopic (exact) mass is 252 g/mol. The smallest absolute Gasteiger partial charge is 0.337 e. The summed E-state index contributed by atoms with van der Waals surface area (Å²) in [6, 6.07) is 1.90. The molecule has 0 amide bonds. The van der Waals surface area contributed by atoms with Gasteiger partial charge in [-0.15, -0.1) is 0 Å². The molecule has 4 nitrogen and oxygen atoms in total. The van der Waals surface area contributed by atoms with E-state index in [0.717, 1.165) is 12.8 Å². The van der Waals surface area contributed by atoms with Crippen LogP contribution in [0.3, 0.4) is 0 Å². The predicted molar refractivity (Wildman–Crippen MR) is 69.8 cm³/mol. The summed E-state index contributed by atoms with van der Waals surface area (Å²) in [6.07, 6.45) is 8.61. The number of hydrogen-bond acceptors (Lipinski definition) is 4. The zero-order valence-corrected chi connectivity index (χ0v) is 10.5. The fraction of sp³-hybridized carbons (Fsp3) is 0.500. The molecule has 0 spiro atoms. The van der Waals surface area contributed by atoms with Crippen molar-refractivity contribution in [3.8, 4) is 0 Å². The van der Waals surface area contributed by atoms with Crippen molar-refractivity contribution in [1.29, 1.82) is 0 Å². The third-order valence-electron chi connectivity index (χ3n) is 3.13. The van der Waals surface area contributed by atoms with Gasteiger partial charge in [-0.3, -0.25) is 4.98 Å². The number of carboxylic acid groups (broad SMARTS) is 1. The van der Waals surface area contributed by atoms with E-state index in [0.29, 0.717) is 22.5 Å². The molecular weight excluding hydrogens is 236 g/mol. The Bertz CT molecular complexity index is 411. The molecule has 0 saturated heterocycles. The van der Waals surface area contributed by atoms with Gasteiger partial charge < -0.3 is 10.4 Å². The van der Waals surface area contributed by atoms with E-state index in [4.69, 9.17) is 5.11 Å². The molecule has 0 aliphatic heterocycles. The first-order valence-electron chi connectivity index (χ1n) is 5.67. The molecule has 1 heterocycles. The van der Waals surface area contributed by atoms with E-state index in [1.165, 1.54) is 18.7 Å². The Morgan fingerprint density at radius 3 is 3.06 bits per heavy atom. The number of aromatic nitrogens is 1. The van der Waals surface area contributed by atoms with Gasteiger partial charge in [-0.05, 0) is 31.6 Å². The lowest BCUT2D eigenvalue weighted by Gasteiger charge is -2.15. The first-order chi connectivity index (χ1) is 8.20. The molecule has 0 radical (unpaired) electrons. The molecular formula is C12H16N2O2S. The van der Waals surface area contributed by atoms with Crippen LogP contribution in [-0.2, 0) is 0 Å². The summed E-state index contributed by atoms with van der Waals surface area (Å²) in [5.74, 6) is -0.908. The van der Waals surface area contributed by atoms with Crippen LogP contribution in [0.15, 0.2) is 18.5 Å². The van der Waals surface area contributed by atoms with Gasteiger partial charge in [0.05, 0.1) is 17.4 Å².